The number of halogens is 4. The predicted molar refractivity (Wildman–Crippen MR) is 121 cm³/mol. The fourth-order valence-corrected chi connectivity index (χ4v) is 3.71. The number of carbonyl (C=O) groups is 1. The van der Waals surface area contributed by atoms with Gasteiger partial charge in [0.15, 0.2) is 0 Å². The average molecular weight is 488 g/mol. The molecule has 3 aromatic carbocycles. The molecule has 0 atom stereocenters. The van der Waals surface area contributed by atoms with Gasteiger partial charge in [0.1, 0.15) is 23.9 Å². The number of hydrogen-bond donors (Lipinski definition) is 0. The van der Waals surface area contributed by atoms with E-state index in [9.17, 15) is 22.4 Å². The normalized spacial score (nSPS) is 14.6. The molecular formula is C26H24F4N2O3. The van der Waals surface area contributed by atoms with Gasteiger partial charge in [-0.2, -0.15) is 13.2 Å². The fourth-order valence-electron chi connectivity index (χ4n) is 3.71. The number of ether oxygens (including phenoxy) is 2. The number of para-hydroxylation sites is 1. The van der Waals surface area contributed by atoms with Gasteiger partial charge in [0.25, 0.3) is 0 Å². The summed E-state index contributed by atoms with van der Waals surface area (Å²) in [5, 5.41) is 0. The van der Waals surface area contributed by atoms with Crippen molar-refractivity contribution in [3.05, 3.63) is 95.3 Å². The quantitative estimate of drug-likeness (QED) is 0.394. The molecule has 0 saturated carbocycles. The van der Waals surface area contributed by atoms with Gasteiger partial charge in [-0.05, 0) is 42.0 Å². The van der Waals surface area contributed by atoms with Gasteiger partial charge in [-0.3, -0.25) is 4.90 Å². The first-order valence-corrected chi connectivity index (χ1v) is 11.1. The van der Waals surface area contributed by atoms with E-state index in [2.05, 4.69) is 4.90 Å². The third kappa shape index (κ3) is 6.73. The highest BCUT2D eigenvalue weighted by molar-refractivity contribution is 5.67. The van der Waals surface area contributed by atoms with E-state index in [1.807, 2.05) is 54.6 Å². The van der Waals surface area contributed by atoms with Crippen molar-refractivity contribution in [2.45, 2.75) is 19.3 Å². The number of alkyl halides is 3. The molecule has 0 radical (unpaired) electrons. The molecule has 4 rings (SSSR count). The van der Waals surface area contributed by atoms with Crippen molar-refractivity contribution in [3.63, 3.8) is 0 Å². The molecular weight excluding hydrogens is 464 g/mol. The average Bonchev–Trinajstić information content (AvgIpc) is 2.85. The van der Waals surface area contributed by atoms with E-state index >= 15 is 0 Å². The monoisotopic (exact) mass is 488 g/mol. The summed E-state index contributed by atoms with van der Waals surface area (Å²) in [7, 11) is 0. The third-order valence-electron chi connectivity index (χ3n) is 5.67. The van der Waals surface area contributed by atoms with Crippen LogP contribution >= 0.6 is 0 Å². The van der Waals surface area contributed by atoms with Crippen LogP contribution in [0.3, 0.4) is 0 Å². The molecule has 1 aliphatic rings. The Hall–Kier alpha value is -3.59. The van der Waals surface area contributed by atoms with Crippen LogP contribution in [-0.4, -0.2) is 42.1 Å². The highest BCUT2D eigenvalue weighted by atomic mass is 19.4. The lowest BCUT2D eigenvalue weighted by Crippen LogP contribution is -2.48. The first-order chi connectivity index (χ1) is 16.8. The number of piperazine rings is 1. The fraction of sp³-hybridized carbons (Fsp3) is 0.269. The summed E-state index contributed by atoms with van der Waals surface area (Å²) in [6, 6.07) is 19.5. The van der Waals surface area contributed by atoms with Crippen LogP contribution in [0.2, 0.25) is 0 Å². The number of hydrogen-bond acceptors (Lipinski definition) is 4. The molecule has 0 aliphatic carbocycles. The van der Waals surface area contributed by atoms with Crippen molar-refractivity contribution in [3.8, 4) is 11.5 Å². The number of rotatable bonds is 6. The second kappa shape index (κ2) is 10.8. The summed E-state index contributed by atoms with van der Waals surface area (Å²) >= 11 is 0. The van der Waals surface area contributed by atoms with Crippen LogP contribution < -0.4 is 4.74 Å². The lowest BCUT2D eigenvalue weighted by Gasteiger charge is -2.34. The molecule has 1 amide bonds. The van der Waals surface area contributed by atoms with Gasteiger partial charge in [0.05, 0.1) is 5.56 Å². The highest BCUT2D eigenvalue weighted by Gasteiger charge is 2.31. The van der Waals surface area contributed by atoms with E-state index in [0.717, 1.165) is 29.2 Å². The molecule has 3 aromatic rings. The lowest BCUT2D eigenvalue weighted by molar-refractivity contribution is -0.137. The topological polar surface area (TPSA) is 42.0 Å². The molecule has 35 heavy (non-hydrogen) atoms. The van der Waals surface area contributed by atoms with E-state index in [1.54, 1.807) is 0 Å². The first kappa shape index (κ1) is 24.5. The lowest BCUT2D eigenvalue weighted by atomic mass is 10.1. The number of nitrogens with zero attached hydrogens (tertiary/aromatic N) is 2. The summed E-state index contributed by atoms with van der Waals surface area (Å²) in [6.07, 6.45) is -5.25. The van der Waals surface area contributed by atoms with Crippen LogP contribution in [0.4, 0.5) is 22.4 Å². The van der Waals surface area contributed by atoms with Crippen LogP contribution in [0, 0.1) is 5.82 Å². The second-order valence-electron chi connectivity index (χ2n) is 8.18. The maximum atomic E-state index is 13.9. The molecule has 0 unspecified atom stereocenters. The molecule has 0 N–H and O–H groups in total. The van der Waals surface area contributed by atoms with E-state index in [0.29, 0.717) is 38.8 Å². The number of amides is 1. The predicted octanol–water partition coefficient (Wildman–Crippen LogP) is 6.09. The van der Waals surface area contributed by atoms with Crippen molar-refractivity contribution in [1.82, 2.24) is 9.80 Å². The molecule has 0 aromatic heterocycles. The zero-order valence-electron chi connectivity index (χ0n) is 18.8. The SMILES string of the molecule is O=C(OCc1ccc(C(F)(F)F)cc1F)N1CCN(Cc2ccc(Oc3ccccc3)cc2)CC1. The molecule has 1 fully saturated rings. The number of carbonyl (C=O) groups excluding carboxylic acids is 1. The smallest absolute Gasteiger partial charge is 0.416 e. The standard InChI is InChI=1S/C26H24F4N2O3/c27-24-16-21(26(28,29)30)9-8-20(24)18-34-25(33)32-14-12-31(13-15-32)17-19-6-10-23(11-7-19)35-22-4-2-1-3-5-22/h1-11,16H,12-15,17-18H2. The molecule has 1 aliphatic heterocycles. The van der Waals surface area contributed by atoms with Crippen molar-refractivity contribution in [2.75, 3.05) is 26.2 Å². The largest absolute Gasteiger partial charge is 0.457 e. The minimum atomic E-state index is -4.63. The molecule has 1 saturated heterocycles. The molecule has 1 heterocycles. The Bertz CT molecular complexity index is 1130. The van der Waals surface area contributed by atoms with Gasteiger partial charge in [0, 0.05) is 38.3 Å². The summed E-state index contributed by atoms with van der Waals surface area (Å²) in [5.41, 5.74) is -0.0801. The van der Waals surface area contributed by atoms with E-state index in [4.69, 9.17) is 9.47 Å². The van der Waals surface area contributed by atoms with Crippen LogP contribution in [-0.2, 0) is 24.1 Å². The second-order valence-corrected chi connectivity index (χ2v) is 8.18. The van der Waals surface area contributed by atoms with Gasteiger partial charge in [-0.15, -0.1) is 0 Å². The Morgan fingerprint density at radius 1 is 0.857 bits per heavy atom. The third-order valence-corrected chi connectivity index (χ3v) is 5.67. The van der Waals surface area contributed by atoms with Crippen LogP contribution in [0.25, 0.3) is 0 Å². The Morgan fingerprint density at radius 2 is 1.51 bits per heavy atom. The molecule has 0 bridgehead atoms. The zero-order valence-corrected chi connectivity index (χ0v) is 18.8. The molecule has 9 heteroatoms. The summed E-state index contributed by atoms with van der Waals surface area (Å²) < 4.78 is 62.8. The Balaban J connectivity index is 1.22. The van der Waals surface area contributed by atoms with Crippen molar-refractivity contribution >= 4 is 6.09 Å². The molecule has 0 spiro atoms. The Labute approximate surface area is 200 Å². The maximum Gasteiger partial charge on any atom is 0.416 e. The van der Waals surface area contributed by atoms with Gasteiger partial charge in [-0.1, -0.05) is 36.4 Å². The zero-order chi connectivity index (χ0) is 24.8. The molecule has 184 valence electrons. The van der Waals surface area contributed by atoms with Crippen LogP contribution in [0.1, 0.15) is 16.7 Å². The van der Waals surface area contributed by atoms with Gasteiger partial charge in [-0.25, -0.2) is 9.18 Å². The maximum absolute atomic E-state index is 13.9. The first-order valence-electron chi connectivity index (χ1n) is 11.1. The van der Waals surface area contributed by atoms with Crippen molar-refractivity contribution < 1.29 is 31.8 Å². The van der Waals surface area contributed by atoms with E-state index in [-0.39, 0.29) is 5.56 Å². The Morgan fingerprint density at radius 3 is 2.14 bits per heavy atom. The van der Waals surface area contributed by atoms with Gasteiger partial charge < -0.3 is 14.4 Å². The van der Waals surface area contributed by atoms with Gasteiger partial charge >= 0.3 is 12.3 Å². The van der Waals surface area contributed by atoms with Crippen molar-refractivity contribution in [2.24, 2.45) is 0 Å². The van der Waals surface area contributed by atoms with E-state index < -0.39 is 30.3 Å². The van der Waals surface area contributed by atoms with Gasteiger partial charge in [0.2, 0.25) is 0 Å². The van der Waals surface area contributed by atoms with Crippen molar-refractivity contribution in [1.29, 1.82) is 0 Å². The van der Waals surface area contributed by atoms with E-state index in [1.165, 1.54) is 4.90 Å². The summed E-state index contributed by atoms with van der Waals surface area (Å²) in [5.74, 6) is 0.457. The number of benzene rings is 3. The highest BCUT2D eigenvalue weighted by Crippen LogP contribution is 2.30. The molecule has 5 nitrogen and oxygen atoms in total. The summed E-state index contributed by atoms with van der Waals surface area (Å²) in [4.78, 5) is 16.0. The van der Waals surface area contributed by atoms with Crippen LogP contribution in [0.15, 0.2) is 72.8 Å². The summed E-state index contributed by atoms with van der Waals surface area (Å²) in [6.45, 7) is 2.41. The minimum Gasteiger partial charge on any atom is -0.457 e. The minimum absolute atomic E-state index is 0.107. The Kier molecular flexibility index (Phi) is 7.55. The van der Waals surface area contributed by atoms with Crippen LogP contribution in [0.5, 0.6) is 11.5 Å².